The Morgan fingerprint density at radius 2 is 1.89 bits per heavy atom. The Morgan fingerprint density at radius 3 is 2.74 bits per heavy atom. The Morgan fingerprint density at radius 1 is 0.943 bits per heavy atom. The number of hydrogen-bond donors (Lipinski definition) is 3. The maximum absolute atomic E-state index is 5.93. The summed E-state index contributed by atoms with van der Waals surface area (Å²) < 4.78 is 0. The zero-order chi connectivity index (χ0) is 23.4. The van der Waals surface area contributed by atoms with Gasteiger partial charge in [-0.1, -0.05) is 12.1 Å². The number of H-pyrrole nitrogens is 2. The Hall–Kier alpha value is -4.70. The first-order valence-corrected chi connectivity index (χ1v) is 11.3. The van der Waals surface area contributed by atoms with Crippen LogP contribution >= 0.6 is 0 Å². The molecule has 10 nitrogen and oxygen atoms in total. The lowest BCUT2D eigenvalue weighted by Crippen LogP contribution is -2.56. The molecule has 5 aromatic heterocycles. The van der Waals surface area contributed by atoms with Crippen LogP contribution in [0.2, 0.25) is 0 Å². The van der Waals surface area contributed by atoms with Gasteiger partial charge in [-0.25, -0.2) is 15.0 Å². The Balaban J connectivity index is 1.31. The van der Waals surface area contributed by atoms with E-state index in [4.69, 9.17) is 15.7 Å². The number of benzene rings is 1. The summed E-state index contributed by atoms with van der Waals surface area (Å²) >= 11 is 0. The third-order valence-electron chi connectivity index (χ3n) is 6.30. The van der Waals surface area contributed by atoms with Crippen LogP contribution in [-0.4, -0.2) is 59.2 Å². The number of nitrogens with zero attached hydrogens (tertiary/aromatic N) is 7. The van der Waals surface area contributed by atoms with E-state index in [1.807, 2.05) is 36.5 Å². The normalized spacial score (nSPS) is 14.0. The summed E-state index contributed by atoms with van der Waals surface area (Å²) in [6, 6.07) is 12.2. The first-order chi connectivity index (χ1) is 17.2. The van der Waals surface area contributed by atoms with Crippen molar-refractivity contribution in [3.63, 3.8) is 0 Å². The molecule has 1 fully saturated rings. The monoisotopic (exact) mass is 460 g/mol. The highest BCUT2D eigenvalue weighted by Gasteiger charge is 2.24. The van der Waals surface area contributed by atoms with Gasteiger partial charge in [-0.3, -0.25) is 15.1 Å². The van der Waals surface area contributed by atoms with Crippen molar-refractivity contribution in [2.24, 2.45) is 5.73 Å². The summed E-state index contributed by atoms with van der Waals surface area (Å²) in [4.78, 5) is 28.2. The highest BCUT2D eigenvalue weighted by molar-refractivity contribution is 5.97. The highest BCUT2D eigenvalue weighted by Crippen LogP contribution is 2.32. The predicted molar refractivity (Wildman–Crippen MR) is 133 cm³/mol. The molecule has 170 valence electrons. The Kier molecular flexibility index (Phi) is 4.33. The molecule has 6 heterocycles. The summed E-state index contributed by atoms with van der Waals surface area (Å²) in [6.07, 6.45) is 8.89. The highest BCUT2D eigenvalue weighted by atomic mass is 15.3. The van der Waals surface area contributed by atoms with E-state index in [-0.39, 0.29) is 6.04 Å². The average Bonchev–Trinajstić information content (AvgIpc) is 3.51. The van der Waals surface area contributed by atoms with Gasteiger partial charge in [0.1, 0.15) is 11.5 Å². The molecular formula is C25H20N10. The second kappa shape index (κ2) is 7.67. The molecule has 1 aliphatic heterocycles. The lowest BCUT2D eigenvalue weighted by Gasteiger charge is -2.37. The lowest BCUT2D eigenvalue weighted by atomic mass is 10.1. The topological polar surface area (TPSA) is 138 Å². The number of aromatic nitrogens is 8. The predicted octanol–water partition coefficient (Wildman–Crippen LogP) is 3.17. The minimum Gasteiger partial charge on any atom is -0.352 e. The first-order valence-electron chi connectivity index (χ1n) is 11.3. The van der Waals surface area contributed by atoms with Crippen molar-refractivity contribution < 1.29 is 0 Å². The molecule has 0 saturated carbocycles. The fraction of sp³-hybridized carbons (Fsp3) is 0.120. The lowest BCUT2D eigenvalue weighted by molar-refractivity contribution is 0.514. The molecule has 7 rings (SSSR count). The second-order valence-corrected chi connectivity index (χ2v) is 8.64. The first kappa shape index (κ1) is 19.7. The summed E-state index contributed by atoms with van der Waals surface area (Å²) in [5.41, 5.74) is 12.7. The van der Waals surface area contributed by atoms with Crippen molar-refractivity contribution in [3.8, 4) is 33.9 Å². The van der Waals surface area contributed by atoms with Crippen molar-refractivity contribution >= 4 is 27.9 Å². The van der Waals surface area contributed by atoms with E-state index in [2.05, 4.69) is 41.1 Å². The molecule has 4 N–H and O–H groups in total. The molecule has 0 spiro atoms. The number of nitrogens with two attached hydrogens (primary N) is 1. The number of nitrogens with one attached hydrogen (secondary N) is 2. The summed E-state index contributed by atoms with van der Waals surface area (Å²) in [5.74, 6) is 1.48. The SMILES string of the molecule is NC1CN(c2cncc(-c3ccc4[nH]nc(-c5nc6nccc(-c7cccnc7)c6[nH]5)c4c3)n2)C1. The zero-order valence-electron chi connectivity index (χ0n) is 18.6. The van der Waals surface area contributed by atoms with Crippen LogP contribution in [-0.2, 0) is 0 Å². The molecule has 0 unspecified atom stereocenters. The number of anilines is 1. The van der Waals surface area contributed by atoms with Crippen LogP contribution in [0.1, 0.15) is 0 Å². The molecular weight excluding hydrogens is 440 g/mol. The number of imidazole rings is 1. The van der Waals surface area contributed by atoms with Crippen molar-refractivity contribution in [2.45, 2.75) is 6.04 Å². The van der Waals surface area contributed by atoms with Crippen LogP contribution in [0.5, 0.6) is 0 Å². The van der Waals surface area contributed by atoms with Gasteiger partial charge in [0.25, 0.3) is 0 Å². The van der Waals surface area contributed by atoms with Gasteiger partial charge in [0.15, 0.2) is 11.5 Å². The third kappa shape index (κ3) is 3.30. The number of rotatable bonds is 4. The van der Waals surface area contributed by atoms with Crippen LogP contribution in [0.25, 0.3) is 56.0 Å². The molecule has 0 aliphatic carbocycles. The van der Waals surface area contributed by atoms with Gasteiger partial charge in [-0.15, -0.1) is 0 Å². The molecule has 0 bridgehead atoms. The van der Waals surface area contributed by atoms with Gasteiger partial charge >= 0.3 is 0 Å². The summed E-state index contributed by atoms with van der Waals surface area (Å²) in [6.45, 7) is 1.59. The minimum atomic E-state index is 0.197. The van der Waals surface area contributed by atoms with E-state index in [0.717, 1.165) is 63.4 Å². The summed E-state index contributed by atoms with van der Waals surface area (Å²) in [5, 5.41) is 8.60. The average molecular weight is 461 g/mol. The van der Waals surface area contributed by atoms with Crippen molar-refractivity contribution in [1.29, 1.82) is 0 Å². The molecule has 6 aromatic rings. The van der Waals surface area contributed by atoms with E-state index in [1.54, 1.807) is 24.8 Å². The molecule has 0 radical (unpaired) electrons. The van der Waals surface area contributed by atoms with Gasteiger partial charge < -0.3 is 15.6 Å². The minimum absolute atomic E-state index is 0.197. The smallest absolute Gasteiger partial charge is 0.178 e. The van der Waals surface area contributed by atoms with Gasteiger partial charge in [0, 0.05) is 59.8 Å². The van der Waals surface area contributed by atoms with E-state index in [0.29, 0.717) is 11.5 Å². The van der Waals surface area contributed by atoms with Crippen molar-refractivity contribution in [3.05, 3.63) is 67.4 Å². The quantitative estimate of drug-likeness (QED) is 0.365. The maximum atomic E-state index is 5.93. The molecule has 1 aromatic carbocycles. The van der Waals surface area contributed by atoms with Crippen LogP contribution < -0.4 is 10.6 Å². The molecule has 1 aliphatic rings. The molecule has 0 amide bonds. The number of aromatic amines is 2. The third-order valence-corrected chi connectivity index (χ3v) is 6.30. The molecule has 0 atom stereocenters. The van der Waals surface area contributed by atoms with Crippen LogP contribution in [0.15, 0.2) is 67.4 Å². The van der Waals surface area contributed by atoms with E-state index in [1.165, 1.54) is 0 Å². The van der Waals surface area contributed by atoms with Gasteiger partial charge in [-0.05, 0) is 24.3 Å². The second-order valence-electron chi connectivity index (χ2n) is 8.64. The van der Waals surface area contributed by atoms with Crippen LogP contribution in [0, 0.1) is 0 Å². The summed E-state index contributed by atoms with van der Waals surface area (Å²) in [7, 11) is 0. The number of pyridine rings is 2. The van der Waals surface area contributed by atoms with Crippen LogP contribution in [0.4, 0.5) is 5.82 Å². The van der Waals surface area contributed by atoms with E-state index >= 15 is 0 Å². The number of hydrogen-bond acceptors (Lipinski definition) is 8. The largest absolute Gasteiger partial charge is 0.352 e. The molecule has 35 heavy (non-hydrogen) atoms. The standard InChI is InChI=1S/C25H20N10/c26-16-12-35(13-16)21-11-28-10-20(30-21)14-3-4-19-18(8-14)23(34-33-19)25-31-22-17(5-7-29-24(22)32-25)15-2-1-6-27-9-15/h1-11,16H,12-13,26H2,(H,33,34)(H,29,31,32). The van der Waals surface area contributed by atoms with Gasteiger partial charge in [0.05, 0.1) is 29.1 Å². The Labute approximate surface area is 199 Å². The fourth-order valence-electron chi connectivity index (χ4n) is 4.49. The van der Waals surface area contributed by atoms with Crippen LogP contribution in [0.3, 0.4) is 0 Å². The maximum Gasteiger partial charge on any atom is 0.178 e. The zero-order valence-corrected chi connectivity index (χ0v) is 18.6. The van der Waals surface area contributed by atoms with Crippen molar-refractivity contribution in [2.75, 3.05) is 18.0 Å². The van der Waals surface area contributed by atoms with Crippen molar-refractivity contribution in [1.82, 2.24) is 40.1 Å². The Bertz CT molecular complexity index is 1680. The molecule has 10 heteroatoms. The van der Waals surface area contributed by atoms with E-state index < -0.39 is 0 Å². The number of fused-ring (bicyclic) bond motifs is 2. The molecule has 1 saturated heterocycles. The van der Waals surface area contributed by atoms with Gasteiger partial charge in [0.2, 0.25) is 0 Å². The fourth-order valence-corrected chi connectivity index (χ4v) is 4.49. The van der Waals surface area contributed by atoms with Gasteiger partial charge in [-0.2, -0.15) is 5.10 Å². The van der Waals surface area contributed by atoms with E-state index in [9.17, 15) is 0 Å².